The third kappa shape index (κ3) is 10.3. The van der Waals surface area contributed by atoms with E-state index in [1.165, 1.54) is 139 Å². The molecule has 0 aliphatic carbocycles. The minimum Gasteiger partial charge on any atom is -0.310 e. The molecule has 0 N–H and O–H groups in total. The van der Waals surface area contributed by atoms with Crippen molar-refractivity contribution in [1.82, 2.24) is 0 Å². The Morgan fingerprint density at radius 1 is 0.182 bits per heavy atom. The molecule has 0 aliphatic heterocycles. The fourth-order valence-electron chi connectivity index (χ4n) is 12.4. The van der Waals surface area contributed by atoms with Gasteiger partial charge in [-0.25, -0.2) is 0 Å². The average Bonchev–Trinajstić information content (AvgIpc) is 3.37. The highest BCUT2D eigenvalue weighted by atomic mass is 15.1. The van der Waals surface area contributed by atoms with E-state index < -0.39 is 0 Å². The molecule has 0 saturated carbocycles. The van der Waals surface area contributed by atoms with Gasteiger partial charge in [0.25, 0.3) is 0 Å². The van der Waals surface area contributed by atoms with Gasteiger partial charge in [-0.3, -0.25) is 0 Å². The minimum absolute atomic E-state index is 1.12. The van der Waals surface area contributed by atoms with E-state index in [2.05, 4.69) is 290 Å². The summed E-state index contributed by atoms with van der Waals surface area (Å²) in [4.78, 5) is 4.90. The van der Waals surface area contributed by atoms with Crippen molar-refractivity contribution in [3.05, 3.63) is 259 Å². The lowest BCUT2D eigenvalue weighted by Crippen LogP contribution is -2.12. The second-order valence-electron chi connectivity index (χ2n) is 22.4. The van der Waals surface area contributed by atoms with Gasteiger partial charge >= 0.3 is 0 Å². The Labute approximate surface area is 460 Å². The van der Waals surface area contributed by atoms with Crippen LogP contribution in [-0.2, 0) is 0 Å². The summed E-state index contributed by atoms with van der Waals surface area (Å²) in [5.41, 5.74) is 38.5. The lowest BCUT2D eigenvalue weighted by molar-refractivity contribution is 1.22. The van der Waals surface area contributed by atoms with Crippen molar-refractivity contribution < 1.29 is 0 Å². The minimum atomic E-state index is 1.12. The lowest BCUT2D eigenvalue weighted by atomic mass is 9.88. The summed E-state index contributed by atoms with van der Waals surface area (Å²) in [6.07, 6.45) is 0. The summed E-state index contributed by atoms with van der Waals surface area (Å²) in [7, 11) is 0. The first kappa shape index (κ1) is 52.3. The molecular formula is C75H74N2. The zero-order valence-electron chi connectivity index (χ0n) is 48.1. The van der Waals surface area contributed by atoms with Crippen molar-refractivity contribution in [2.24, 2.45) is 0 Å². The second-order valence-corrected chi connectivity index (χ2v) is 22.4. The van der Waals surface area contributed by atoms with E-state index in [1.807, 2.05) is 0 Å². The molecule has 0 aromatic heterocycles. The molecule has 0 saturated heterocycles. The molecule has 0 fully saturated rings. The Morgan fingerprint density at radius 3 is 0.675 bits per heavy atom. The predicted octanol–water partition coefficient (Wildman–Crippen LogP) is 21.6. The largest absolute Gasteiger partial charge is 0.310 e. The molecule has 0 unspecified atom stereocenters. The molecule has 0 radical (unpaired) electrons. The van der Waals surface area contributed by atoms with Gasteiger partial charge in [-0.1, -0.05) is 125 Å². The zero-order valence-corrected chi connectivity index (χ0v) is 48.1. The van der Waals surface area contributed by atoms with Crippen LogP contribution >= 0.6 is 0 Å². The van der Waals surface area contributed by atoms with Crippen LogP contribution in [-0.4, -0.2) is 0 Å². The molecule has 2 nitrogen and oxygen atoms in total. The van der Waals surface area contributed by atoms with Crippen LogP contribution in [0.1, 0.15) is 83.5 Å². The molecule has 384 valence electrons. The summed E-state index contributed by atoms with van der Waals surface area (Å²) in [6.45, 7) is 33.5. The maximum Gasteiger partial charge on any atom is 0.0467 e. The van der Waals surface area contributed by atoms with Gasteiger partial charge in [0.2, 0.25) is 0 Å². The van der Waals surface area contributed by atoms with Crippen LogP contribution in [0.15, 0.2) is 176 Å². The summed E-state index contributed by atoms with van der Waals surface area (Å²) >= 11 is 0. The molecule has 10 aromatic carbocycles. The maximum atomic E-state index is 2.46. The summed E-state index contributed by atoms with van der Waals surface area (Å²) in [5, 5.41) is 0. The van der Waals surface area contributed by atoms with Crippen LogP contribution < -0.4 is 9.80 Å². The Hall–Kier alpha value is -8.20. The van der Waals surface area contributed by atoms with Crippen molar-refractivity contribution in [1.29, 1.82) is 0 Å². The van der Waals surface area contributed by atoms with Crippen molar-refractivity contribution in [3.63, 3.8) is 0 Å². The molecule has 0 atom stereocenters. The number of nitrogens with zero attached hydrogens (tertiary/aromatic N) is 2. The monoisotopic (exact) mass is 1000 g/mol. The molecule has 2 heteroatoms. The second kappa shape index (κ2) is 21.1. The van der Waals surface area contributed by atoms with Gasteiger partial charge in [0.05, 0.1) is 0 Å². The highest BCUT2D eigenvalue weighted by Crippen LogP contribution is 2.46. The van der Waals surface area contributed by atoms with E-state index >= 15 is 0 Å². The number of anilines is 6. The van der Waals surface area contributed by atoms with Gasteiger partial charge in [0, 0.05) is 34.1 Å². The van der Waals surface area contributed by atoms with Crippen LogP contribution in [0.25, 0.3) is 55.6 Å². The standard InChI is InChI=1S/C75H74N2/c1-45-16-27-67(49(5)34-45)60-20-22-61(23-21-60)76(62-24-31-71(53(9)38-62)68-28-17-46(2)35-50(68)6)65-41-56(12)74(57(13)42-65)75-58(14)43-66(44-59(75)15)77(63-25-32-72(54(10)39-63)69-29-18-47(3)36-51(69)7)64-26-33-73(55(11)40-64)70-30-19-48(4)37-52(70)8/h16-44H,1-15H3. The quantitative estimate of drug-likeness (QED) is 0.127. The fourth-order valence-corrected chi connectivity index (χ4v) is 12.4. The third-order valence-electron chi connectivity index (χ3n) is 16.0. The van der Waals surface area contributed by atoms with E-state index in [0.29, 0.717) is 0 Å². The lowest BCUT2D eigenvalue weighted by Gasteiger charge is -2.30. The first-order valence-corrected chi connectivity index (χ1v) is 27.4. The van der Waals surface area contributed by atoms with Crippen LogP contribution in [0.3, 0.4) is 0 Å². The predicted molar refractivity (Wildman–Crippen MR) is 334 cm³/mol. The SMILES string of the molecule is Cc1ccc(-c2ccc(N(c3ccc(-c4ccc(C)cc4C)c(C)c3)c3cc(C)c(-c4c(C)cc(N(c5ccc(-c6ccc(C)cc6C)c(C)c5)c5ccc(-c6ccc(C)cc6C)c(C)c5)cc4C)c(C)c3)cc2)c(C)c1. The zero-order chi connectivity index (χ0) is 54.6. The van der Waals surface area contributed by atoms with Crippen molar-refractivity contribution in [2.75, 3.05) is 9.80 Å². The van der Waals surface area contributed by atoms with Crippen molar-refractivity contribution in [2.45, 2.75) is 104 Å². The Bertz CT molecular complexity index is 3770. The summed E-state index contributed by atoms with van der Waals surface area (Å²) < 4.78 is 0. The number of rotatable bonds is 11. The van der Waals surface area contributed by atoms with Crippen LogP contribution in [0.4, 0.5) is 34.1 Å². The van der Waals surface area contributed by atoms with Gasteiger partial charge in [-0.2, -0.15) is 0 Å². The number of aryl methyl sites for hydroxylation is 15. The highest BCUT2D eigenvalue weighted by molar-refractivity contribution is 5.89. The molecule has 0 aliphatic rings. The topological polar surface area (TPSA) is 6.48 Å². The summed E-state index contributed by atoms with van der Waals surface area (Å²) in [5.74, 6) is 0. The van der Waals surface area contributed by atoms with Gasteiger partial charge in [0.15, 0.2) is 0 Å². The first-order chi connectivity index (χ1) is 36.8. The van der Waals surface area contributed by atoms with Crippen molar-refractivity contribution in [3.8, 4) is 55.6 Å². The van der Waals surface area contributed by atoms with E-state index in [-0.39, 0.29) is 0 Å². The molecule has 10 aromatic rings. The molecule has 0 heterocycles. The van der Waals surface area contributed by atoms with Gasteiger partial charge < -0.3 is 9.80 Å². The number of hydrogen-bond donors (Lipinski definition) is 0. The molecule has 0 amide bonds. The van der Waals surface area contributed by atoms with Gasteiger partial charge in [-0.15, -0.1) is 0 Å². The number of benzene rings is 10. The Kier molecular flexibility index (Phi) is 14.3. The van der Waals surface area contributed by atoms with E-state index in [4.69, 9.17) is 0 Å². The normalized spacial score (nSPS) is 11.3. The van der Waals surface area contributed by atoms with Gasteiger partial charge in [-0.05, 0) is 293 Å². The van der Waals surface area contributed by atoms with E-state index in [9.17, 15) is 0 Å². The summed E-state index contributed by atoms with van der Waals surface area (Å²) in [6, 6.07) is 66.8. The smallest absolute Gasteiger partial charge is 0.0467 e. The van der Waals surface area contributed by atoms with Crippen LogP contribution in [0.5, 0.6) is 0 Å². The molecule has 77 heavy (non-hydrogen) atoms. The molecule has 10 rings (SSSR count). The highest BCUT2D eigenvalue weighted by Gasteiger charge is 2.23. The number of hydrogen-bond acceptors (Lipinski definition) is 2. The van der Waals surface area contributed by atoms with E-state index in [1.54, 1.807) is 0 Å². The fraction of sp³-hybridized carbons (Fsp3) is 0.200. The Balaban J connectivity index is 1.07. The van der Waals surface area contributed by atoms with Crippen LogP contribution in [0.2, 0.25) is 0 Å². The van der Waals surface area contributed by atoms with Crippen molar-refractivity contribution >= 4 is 34.1 Å². The van der Waals surface area contributed by atoms with Gasteiger partial charge in [0.1, 0.15) is 0 Å². The maximum absolute atomic E-state index is 2.46. The van der Waals surface area contributed by atoms with Crippen LogP contribution in [0, 0.1) is 104 Å². The molecule has 0 bridgehead atoms. The third-order valence-corrected chi connectivity index (χ3v) is 16.0. The molecule has 0 spiro atoms. The van der Waals surface area contributed by atoms with E-state index in [0.717, 1.165) is 34.1 Å². The average molecular weight is 1000 g/mol. The Morgan fingerprint density at radius 2 is 0.403 bits per heavy atom. The molecular weight excluding hydrogens is 929 g/mol. The first-order valence-electron chi connectivity index (χ1n) is 27.4.